The number of piperidine rings is 1. The Morgan fingerprint density at radius 3 is 2.39 bits per heavy atom. The Labute approximate surface area is 170 Å². The van der Waals surface area contributed by atoms with Crippen molar-refractivity contribution in [2.75, 3.05) is 6.54 Å². The lowest BCUT2D eigenvalue weighted by atomic mass is 9.69. The number of pyridine rings is 1. The lowest BCUT2D eigenvalue weighted by molar-refractivity contribution is -0.154. The molecule has 1 fully saturated rings. The van der Waals surface area contributed by atoms with Crippen LogP contribution in [0.1, 0.15) is 24.0 Å². The fourth-order valence-corrected chi connectivity index (χ4v) is 4.75. The Balaban J connectivity index is 1.94. The zero-order valence-electron chi connectivity index (χ0n) is 16.2. The highest BCUT2D eigenvalue weighted by molar-refractivity contribution is 7.80. The number of thiocarbonyl (C=S) groups is 1. The van der Waals surface area contributed by atoms with Gasteiger partial charge in [-0.15, -0.1) is 5.54 Å². The van der Waals surface area contributed by atoms with E-state index in [4.69, 9.17) is 18.0 Å². The summed E-state index contributed by atoms with van der Waals surface area (Å²) in [6.45, 7) is 5.55. The quantitative estimate of drug-likeness (QED) is 0.348. The highest BCUT2D eigenvalue weighted by atomic mass is 32.1. The fourth-order valence-electron chi connectivity index (χ4n) is 3.94. The Hall–Kier alpha value is -1.69. The molecular formula is C20H24F3N3SSi. The van der Waals surface area contributed by atoms with E-state index in [1.54, 1.807) is 12.4 Å². The molecule has 2 unspecified atom stereocenters. The zero-order valence-corrected chi connectivity index (χ0v) is 18.0. The molecule has 2 aliphatic heterocycles. The minimum absolute atomic E-state index is 0.301. The number of rotatable bonds is 3. The Bertz CT molecular complexity index is 848. The molecule has 3 rings (SSSR count). The topological polar surface area (TPSA) is 42.1 Å². The average molecular weight is 424 g/mol. The van der Waals surface area contributed by atoms with E-state index < -0.39 is 26.2 Å². The van der Waals surface area contributed by atoms with Gasteiger partial charge in [0.2, 0.25) is 0 Å². The summed E-state index contributed by atoms with van der Waals surface area (Å²) >= 11 is 5.41. The number of nitrogens with two attached hydrogens (primary N) is 1. The Kier molecular flexibility index (Phi) is 5.47. The first-order valence-electron chi connectivity index (χ1n) is 9.19. The lowest BCUT2D eigenvalue weighted by Crippen LogP contribution is -2.56. The first-order chi connectivity index (χ1) is 12.9. The number of aromatic nitrogens is 1. The summed E-state index contributed by atoms with van der Waals surface area (Å²) in [5.74, 6) is 3.19. The average Bonchev–Trinajstić information content (AvgIpc) is 2.80. The van der Waals surface area contributed by atoms with Gasteiger partial charge in [-0.2, -0.15) is 13.2 Å². The highest BCUT2D eigenvalue weighted by Gasteiger charge is 2.51. The van der Waals surface area contributed by atoms with Crippen LogP contribution in [0.4, 0.5) is 13.2 Å². The third kappa shape index (κ3) is 4.48. The van der Waals surface area contributed by atoms with Crippen molar-refractivity contribution in [3.05, 3.63) is 41.7 Å². The summed E-state index contributed by atoms with van der Waals surface area (Å²) in [5, 5.41) is 0. The van der Waals surface area contributed by atoms with Gasteiger partial charge in [0.05, 0.1) is 16.9 Å². The zero-order chi connectivity index (χ0) is 20.7. The molecule has 1 aromatic heterocycles. The van der Waals surface area contributed by atoms with E-state index in [9.17, 15) is 13.2 Å². The molecule has 2 bridgehead atoms. The van der Waals surface area contributed by atoms with Gasteiger partial charge in [0.25, 0.3) is 0 Å². The molecule has 3 nitrogen and oxygen atoms in total. The molecule has 0 aliphatic carbocycles. The normalized spacial score (nSPS) is 27.4. The van der Waals surface area contributed by atoms with Crippen LogP contribution in [0.2, 0.25) is 19.6 Å². The standard InChI is InChI=1S/C20H24F3N3SSi/c1-28(2,3)7-6-14-8-15(12-25-11-14)19(18(24)27)9-16-4-5-17(10-19)26(16)13-20(21,22)23/h4-5,8,11-12,16-17H,9-10,13H2,1-3H3,(H2,24,27)/t16-,17?,19?/m1/s1. The van der Waals surface area contributed by atoms with Gasteiger partial charge < -0.3 is 5.73 Å². The predicted molar refractivity (Wildman–Crippen MR) is 112 cm³/mol. The Morgan fingerprint density at radius 2 is 1.89 bits per heavy atom. The van der Waals surface area contributed by atoms with Crippen LogP contribution in [0.15, 0.2) is 30.6 Å². The van der Waals surface area contributed by atoms with Gasteiger partial charge >= 0.3 is 6.18 Å². The molecule has 0 aromatic carbocycles. The van der Waals surface area contributed by atoms with Crippen LogP contribution in [-0.2, 0) is 5.41 Å². The van der Waals surface area contributed by atoms with Crippen molar-refractivity contribution >= 4 is 25.3 Å². The van der Waals surface area contributed by atoms with Gasteiger partial charge in [0, 0.05) is 30.0 Å². The summed E-state index contributed by atoms with van der Waals surface area (Å²) in [6, 6.07) is 1.25. The molecule has 0 amide bonds. The molecule has 3 atom stereocenters. The highest BCUT2D eigenvalue weighted by Crippen LogP contribution is 2.45. The molecule has 1 aromatic rings. The van der Waals surface area contributed by atoms with Crippen molar-refractivity contribution in [3.63, 3.8) is 0 Å². The van der Waals surface area contributed by atoms with Gasteiger partial charge in [-0.1, -0.05) is 49.9 Å². The molecule has 0 radical (unpaired) electrons. The maximum Gasteiger partial charge on any atom is 0.401 e. The fraction of sp³-hybridized carbons (Fsp3) is 0.500. The molecule has 0 spiro atoms. The van der Waals surface area contributed by atoms with Gasteiger partial charge in [0.1, 0.15) is 8.07 Å². The maximum atomic E-state index is 13.0. The molecule has 8 heteroatoms. The van der Waals surface area contributed by atoms with Gasteiger partial charge in [-0.05, 0) is 24.5 Å². The van der Waals surface area contributed by atoms with Crippen LogP contribution in [0, 0.1) is 11.5 Å². The minimum atomic E-state index is -4.24. The van der Waals surface area contributed by atoms with Gasteiger partial charge in [-0.25, -0.2) is 0 Å². The second kappa shape index (κ2) is 7.28. The monoisotopic (exact) mass is 423 g/mol. The summed E-state index contributed by atoms with van der Waals surface area (Å²) in [6.07, 6.45) is 3.71. The predicted octanol–water partition coefficient (Wildman–Crippen LogP) is 3.80. The molecule has 150 valence electrons. The first kappa shape index (κ1) is 21.0. The van der Waals surface area contributed by atoms with E-state index in [0.717, 1.165) is 11.1 Å². The summed E-state index contributed by atoms with van der Waals surface area (Å²) in [7, 11) is -1.54. The van der Waals surface area contributed by atoms with E-state index in [1.807, 2.05) is 18.2 Å². The second-order valence-corrected chi connectivity index (χ2v) is 13.8. The maximum absolute atomic E-state index is 13.0. The van der Waals surface area contributed by atoms with E-state index in [-0.39, 0.29) is 12.1 Å². The van der Waals surface area contributed by atoms with Gasteiger partial charge in [0.15, 0.2) is 0 Å². The minimum Gasteiger partial charge on any atom is -0.393 e. The van der Waals surface area contributed by atoms with Crippen molar-refractivity contribution in [2.24, 2.45) is 5.73 Å². The summed E-state index contributed by atoms with van der Waals surface area (Å²) in [5.41, 5.74) is 10.4. The summed E-state index contributed by atoms with van der Waals surface area (Å²) in [4.78, 5) is 6.11. The van der Waals surface area contributed by atoms with E-state index >= 15 is 0 Å². The molecule has 2 aliphatic rings. The largest absolute Gasteiger partial charge is 0.401 e. The van der Waals surface area contributed by atoms with Crippen LogP contribution >= 0.6 is 12.2 Å². The van der Waals surface area contributed by atoms with Crippen molar-refractivity contribution in [3.8, 4) is 11.5 Å². The van der Waals surface area contributed by atoms with Crippen LogP contribution in [-0.4, -0.2) is 47.8 Å². The van der Waals surface area contributed by atoms with Crippen LogP contribution in [0.25, 0.3) is 0 Å². The molecule has 3 heterocycles. The van der Waals surface area contributed by atoms with Crippen molar-refractivity contribution in [2.45, 2.75) is 56.2 Å². The Morgan fingerprint density at radius 1 is 1.29 bits per heavy atom. The molecule has 0 saturated carbocycles. The summed E-state index contributed by atoms with van der Waals surface area (Å²) < 4.78 is 38.9. The molecule has 2 N–H and O–H groups in total. The lowest BCUT2D eigenvalue weighted by Gasteiger charge is -2.46. The molecular weight excluding hydrogens is 399 g/mol. The van der Waals surface area contributed by atoms with Crippen molar-refractivity contribution in [1.29, 1.82) is 0 Å². The van der Waals surface area contributed by atoms with E-state index in [2.05, 4.69) is 36.1 Å². The molecule has 28 heavy (non-hydrogen) atoms. The number of hydrogen-bond acceptors (Lipinski definition) is 3. The first-order valence-corrected chi connectivity index (χ1v) is 13.1. The smallest absolute Gasteiger partial charge is 0.393 e. The van der Waals surface area contributed by atoms with Crippen molar-refractivity contribution in [1.82, 2.24) is 9.88 Å². The van der Waals surface area contributed by atoms with Crippen molar-refractivity contribution < 1.29 is 13.2 Å². The van der Waals surface area contributed by atoms with Crippen LogP contribution in [0.5, 0.6) is 0 Å². The number of hydrogen-bond donors (Lipinski definition) is 1. The number of halogens is 3. The number of nitrogens with zero attached hydrogens (tertiary/aromatic N) is 2. The van der Waals surface area contributed by atoms with Crippen LogP contribution in [0.3, 0.4) is 0 Å². The molecule has 1 saturated heterocycles. The third-order valence-corrected chi connectivity index (χ3v) is 6.49. The number of fused-ring (bicyclic) bond motifs is 2. The van der Waals surface area contributed by atoms with Gasteiger partial charge in [-0.3, -0.25) is 9.88 Å². The number of alkyl halides is 3. The SMILES string of the molecule is C[Si](C)(C)C#Cc1cncc(C2(C(N)=S)CC3C=C[C@H](C2)N3CC(F)(F)F)c1. The van der Waals surface area contributed by atoms with E-state index in [0.29, 0.717) is 17.8 Å². The third-order valence-electron chi connectivity index (χ3n) is 5.23. The van der Waals surface area contributed by atoms with E-state index in [1.165, 1.54) is 4.90 Å². The second-order valence-electron chi connectivity index (χ2n) is 8.62. The van der Waals surface area contributed by atoms with Crippen LogP contribution < -0.4 is 5.73 Å².